The van der Waals surface area contributed by atoms with Gasteiger partial charge in [0.05, 0.1) is 18.6 Å². The third-order valence-corrected chi connectivity index (χ3v) is 7.26. The average Bonchev–Trinajstić information content (AvgIpc) is 3.17. The summed E-state index contributed by atoms with van der Waals surface area (Å²) in [6, 6.07) is 15.5. The van der Waals surface area contributed by atoms with E-state index in [4.69, 9.17) is 14.7 Å². The third-order valence-electron chi connectivity index (χ3n) is 5.77. The van der Waals surface area contributed by atoms with Gasteiger partial charge < -0.3 is 15.0 Å². The molecule has 2 aliphatic rings. The van der Waals surface area contributed by atoms with Gasteiger partial charge in [0.25, 0.3) is 0 Å². The molecule has 0 saturated carbocycles. The first-order chi connectivity index (χ1) is 15.5. The molecule has 4 rings (SSSR count). The lowest BCUT2D eigenvalue weighted by Crippen LogP contribution is -2.41. The van der Waals surface area contributed by atoms with Gasteiger partial charge in [-0.3, -0.25) is 9.79 Å². The molecule has 1 saturated heterocycles. The van der Waals surface area contributed by atoms with Gasteiger partial charge in [-0.1, -0.05) is 46.7 Å². The van der Waals surface area contributed by atoms with Crippen LogP contribution in [0.5, 0.6) is 5.75 Å². The Kier molecular flexibility index (Phi) is 7.33. The molecule has 32 heavy (non-hydrogen) atoms. The first-order valence-electron chi connectivity index (χ1n) is 10.8. The summed E-state index contributed by atoms with van der Waals surface area (Å²) < 4.78 is 6.19. The molecular formula is C24H27BrN4O2S. The highest BCUT2D eigenvalue weighted by molar-refractivity contribution is 9.10. The number of methoxy groups -OCH3 is 1. The maximum absolute atomic E-state index is 12.6. The molecule has 8 heteroatoms. The average molecular weight is 515 g/mol. The summed E-state index contributed by atoms with van der Waals surface area (Å²) in [6.45, 7) is 5.23. The van der Waals surface area contributed by atoms with Gasteiger partial charge in [-0.2, -0.15) is 0 Å². The van der Waals surface area contributed by atoms with Crippen molar-refractivity contribution >= 4 is 50.0 Å². The van der Waals surface area contributed by atoms with Crippen LogP contribution in [0.25, 0.3) is 0 Å². The van der Waals surface area contributed by atoms with Crippen LogP contribution in [0.2, 0.25) is 0 Å². The molecule has 0 atom stereocenters. The molecule has 0 aliphatic carbocycles. The molecule has 0 bridgehead atoms. The first kappa shape index (κ1) is 23.0. The van der Waals surface area contributed by atoms with Gasteiger partial charge in [-0.15, -0.1) is 0 Å². The van der Waals surface area contributed by atoms with Gasteiger partial charge in [0.1, 0.15) is 10.8 Å². The van der Waals surface area contributed by atoms with Crippen molar-refractivity contribution in [2.24, 2.45) is 9.98 Å². The Labute approximate surface area is 201 Å². The number of amides is 1. The number of hydrogen-bond acceptors (Lipinski definition) is 6. The molecule has 0 aromatic heterocycles. The van der Waals surface area contributed by atoms with Crippen molar-refractivity contribution in [1.29, 1.82) is 0 Å². The van der Waals surface area contributed by atoms with E-state index < -0.39 is 5.66 Å². The normalized spacial score (nSPS) is 17.7. The van der Waals surface area contributed by atoms with Crippen molar-refractivity contribution in [3.8, 4) is 5.75 Å². The largest absolute Gasteiger partial charge is 0.497 e. The Bertz CT molecular complexity index is 1010. The lowest BCUT2D eigenvalue weighted by atomic mass is 9.98. The van der Waals surface area contributed by atoms with Crippen molar-refractivity contribution in [2.45, 2.75) is 25.4 Å². The SMILES string of the molecule is CCN1CCC2(CC1)N=C(SCC(=O)Nc1ccc(OC)cc1)C(c1ccc(Br)cc1)=N2. The first-order valence-corrected chi connectivity index (χ1v) is 12.5. The van der Waals surface area contributed by atoms with Crippen LogP contribution in [0.3, 0.4) is 0 Å². The number of likely N-dealkylation sites (tertiary alicyclic amines) is 1. The second-order valence-corrected chi connectivity index (χ2v) is 9.75. The Morgan fingerprint density at radius 1 is 1.12 bits per heavy atom. The van der Waals surface area contributed by atoms with Crippen molar-refractivity contribution in [2.75, 3.05) is 37.8 Å². The molecule has 1 amide bonds. The van der Waals surface area contributed by atoms with E-state index in [1.807, 2.05) is 36.4 Å². The fourth-order valence-corrected chi connectivity index (χ4v) is 5.01. The molecule has 1 N–H and O–H groups in total. The van der Waals surface area contributed by atoms with E-state index in [1.54, 1.807) is 7.11 Å². The number of nitrogens with zero attached hydrogens (tertiary/aromatic N) is 3. The molecule has 0 radical (unpaired) electrons. The summed E-state index contributed by atoms with van der Waals surface area (Å²) in [7, 11) is 1.62. The molecule has 1 fully saturated rings. The number of hydrogen-bond donors (Lipinski definition) is 1. The Morgan fingerprint density at radius 3 is 2.44 bits per heavy atom. The predicted molar refractivity (Wildman–Crippen MR) is 136 cm³/mol. The maximum Gasteiger partial charge on any atom is 0.234 e. The van der Waals surface area contributed by atoms with Gasteiger partial charge in [-0.25, -0.2) is 4.99 Å². The number of nitrogens with one attached hydrogen (secondary N) is 1. The summed E-state index contributed by atoms with van der Waals surface area (Å²) in [4.78, 5) is 25.2. The van der Waals surface area contributed by atoms with Gasteiger partial charge in [0.2, 0.25) is 5.91 Å². The maximum atomic E-state index is 12.6. The quantitative estimate of drug-likeness (QED) is 0.598. The highest BCUT2D eigenvalue weighted by atomic mass is 79.9. The number of benzene rings is 2. The molecule has 0 unspecified atom stereocenters. The number of halogens is 1. The molecule has 2 aliphatic heterocycles. The third kappa shape index (κ3) is 5.42. The number of ether oxygens (including phenoxy) is 1. The summed E-state index contributed by atoms with van der Waals surface area (Å²) >= 11 is 4.96. The van der Waals surface area contributed by atoms with Crippen LogP contribution in [-0.2, 0) is 4.79 Å². The van der Waals surface area contributed by atoms with Gasteiger partial charge in [0, 0.05) is 41.7 Å². The summed E-state index contributed by atoms with van der Waals surface area (Å²) in [5.74, 6) is 0.963. The molecule has 2 aromatic rings. The molecule has 6 nitrogen and oxygen atoms in total. The molecule has 2 heterocycles. The minimum absolute atomic E-state index is 0.0697. The smallest absolute Gasteiger partial charge is 0.234 e. The van der Waals surface area contributed by atoms with E-state index in [2.05, 4.69) is 45.2 Å². The van der Waals surface area contributed by atoms with E-state index >= 15 is 0 Å². The zero-order valence-corrected chi connectivity index (χ0v) is 20.7. The van der Waals surface area contributed by atoms with E-state index in [0.29, 0.717) is 0 Å². The van der Waals surface area contributed by atoms with E-state index in [1.165, 1.54) is 11.8 Å². The number of aliphatic imine (C=N–C) groups is 2. The molecule has 168 valence electrons. The molecule has 2 aromatic carbocycles. The highest BCUT2D eigenvalue weighted by Gasteiger charge is 2.39. The van der Waals surface area contributed by atoms with E-state index in [-0.39, 0.29) is 11.7 Å². The lowest BCUT2D eigenvalue weighted by Gasteiger charge is -2.34. The van der Waals surface area contributed by atoms with Crippen LogP contribution < -0.4 is 10.1 Å². The number of thioether (sulfide) groups is 1. The standard InChI is InChI=1S/C24H27BrN4O2S/c1-3-29-14-12-24(13-15-29)27-22(17-4-6-18(25)7-5-17)23(28-24)32-16-21(30)26-19-8-10-20(31-2)11-9-19/h4-11H,3,12-16H2,1-2H3,(H,26,30). The van der Waals surface area contributed by atoms with E-state index in [0.717, 1.165) is 64.7 Å². The number of anilines is 1. The summed E-state index contributed by atoms with van der Waals surface area (Å²) in [5, 5.41) is 3.79. The summed E-state index contributed by atoms with van der Waals surface area (Å²) in [6.07, 6.45) is 1.81. The number of carbonyl (C=O) groups is 1. The van der Waals surface area contributed by atoms with Crippen LogP contribution >= 0.6 is 27.7 Å². The molecular weight excluding hydrogens is 488 g/mol. The topological polar surface area (TPSA) is 66.3 Å². The molecule has 1 spiro atoms. The summed E-state index contributed by atoms with van der Waals surface area (Å²) in [5.41, 5.74) is 2.27. The van der Waals surface area contributed by atoms with Crippen LogP contribution in [0, 0.1) is 0 Å². The van der Waals surface area contributed by atoms with Crippen LogP contribution in [0.4, 0.5) is 5.69 Å². The zero-order valence-electron chi connectivity index (χ0n) is 18.3. The van der Waals surface area contributed by atoms with Crippen molar-refractivity contribution in [3.05, 3.63) is 58.6 Å². The second-order valence-electron chi connectivity index (χ2n) is 7.87. The van der Waals surface area contributed by atoms with Gasteiger partial charge in [0.15, 0.2) is 5.66 Å². The number of piperidine rings is 1. The van der Waals surface area contributed by atoms with Gasteiger partial charge in [-0.05, 0) is 42.9 Å². The Hall–Kier alpha value is -2.16. The number of carbonyl (C=O) groups excluding carboxylic acids is 1. The van der Waals surface area contributed by atoms with E-state index in [9.17, 15) is 4.79 Å². The Balaban J connectivity index is 1.48. The monoisotopic (exact) mass is 514 g/mol. The minimum atomic E-state index is -0.400. The lowest BCUT2D eigenvalue weighted by molar-refractivity contribution is -0.113. The zero-order chi connectivity index (χ0) is 22.6. The predicted octanol–water partition coefficient (Wildman–Crippen LogP) is 4.84. The van der Waals surface area contributed by atoms with Crippen molar-refractivity contribution in [3.63, 3.8) is 0 Å². The fourth-order valence-electron chi connectivity index (χ4n) is 3.88. The number of rotatable bonds is 6. The Morgan fingerprint density at radius 2 is 1.81 bits per heavy atom. The fraction of sp³-hybridized carbons (Fsp3) is 0.375. The van der Waals surface area contributed by atoms with Gasteiger partial charge >= 0.3 is 0 Å². The van der Waals surface area contributed by atoms with Crippen molar-refractivity contribution < 1.29 is 9.53 Å². The van der Waals surface area contributed by atoms with Crippen LogP contribution in [0.15, 0.2) is 63.0 Å². The second kappa shape index (κ2) is 10.2. The van der Waals surface area contributed by atoms with Crippen LogP contribution in [0.1, 0.15) is 25.3 Å². The van der Waals surface area contributed by atoms with Crippen LogP contribution in [-0.4, -0.2) is 59.7 Å². The highest BCUT2D eigenvalue weighted by Crippen LogP contribution is 2.35. The van der Waals surface area contributed by atoms with Crippen molar-refractivity contribution in [1.82, 2.24) is 4.90 Å². The minimum Gasteiger partial charge on any atom is -0.497 e.